The maximum Gasteiger partial charge on any atom is 0.169 e. The van der Waals surface area contributed by atoms with Gasteiger partial charge in [0.15, 0.2) is 5.79 Å². The molecule has 3 fully saturated rings. The molecule has 1 heterocycles. The molecule has 0 radical (unpaired) electrons. The molecular weight excluding hydrogens is 264 g/mol. The molecule has 0 aromatic carbocycles. The topological polar surface area (TPSA) is 38.7 Å². The first-order valence-electron chi connectivity index (χ1n) is 8.91. The van der Waals surface area contributed by atoms with Crippen LogP contribution in [0.3, 0.4) is 0 Å². The highest BCUT2D eigenvalue weighted by molar-refractivity contribution is 4.97. The third-order valence-corrected chi connectivity index (χ3v) is 5.93. The van der Waals surface area contributed by atoms with Crippen LogP contribution in [0.25, 0.3) is 0 Å². The van der Waals surface area contributed by atoms with Gasteiger partial charge in [0.05, 0.1) is 18.8 Å². The Morgan fingerprint density at radius 1 is 1.14 bits per heavy atom. The van der Waals surface area contributed by atoms with E-state index in [9.17, 15) is 5.11 Å². The minimum Gasteiger partial charge on any atom is -0.390 e. The summed E-state index contributed by atoms with van der Waals surface area (Å²) < 4.78 is 11.9. The number of aliphatic hydroxyl groups is 1. The van der Waals surface area contributed by atoms with Gasteiger partial charge < -0.3 is 14.6 Å². The fourth-order valence-corrected chi connectivity index (χ4v) is 5.01. The molecule has 1 N–H and O–H groups in total. The summed E-state index contributed by atoms with van der Waals surface area (Å²) >= 11 is 0. The molecule has 2 atom stereocenters. The first-order valence-corrected chi connectivity index (χ1v) is 8.91. The van der Waals surface area contributed by atoms with Gasteiger partial charge in [-0.15, -0.1) is 0 Å². The maximum atomic E-state index is 9.84. The lowest BCUT2D eigenvalue weighted by Gasteiger charge is -2.43. The minimum atomic E-state index is -0.503. The van der Waals surface area contributed by atoms with Crippen LogP contribution in [0.2, 0.25) is 0 Å². The van der Waals surface area contributed by atoms with Crippen molar-refractivity contribution in [2.45, 2.75) is 89.4 Å². The third kappa shape index (κ3) is 3.80. The fourth-order valence-electron chi connectivity index (χ4n) is 5.01. The van der Waals surface area contributed by atoms with Crippen molar-refractivity contribution in [3.05, 3.63) is 0 Å². The third-order valence-electron chi connectivity index (χ3n) is 5.93. The molecule has 3 rings (SSSR count). The van der Waals surface area contributed by atoms with Crippen LogP contribution < -0.4 is 0 Å². The molecule has 1 aliphatic heterocycles. The SMILES string of the molecule is CC(C)(O)CCC[C@H]1CC[C@]2(CCCC3(C2)OCCO3)C1. The van der Waals surface area contributed by atoms with Gasteiger partial charge in [-0.25, -0.2) is 0 Å². The summed E-state index contributed by atoms with van der Waals surface area (Å²) in [6.45, 7) is 5.40. The van der Waals surface area contributed by atoms with Crippen molar-refractivity contribution in [2.75, 3.05) is 13.2 Å². The van der Waals surface area contributed by atoms with Crippen molar-refractivity contribution in [3.63, 3.8) is 0 Å². The molecule has 2 spiro atoms. The maximum absolute atomic E-state index is 9.84. The van der Waals surface area contributed by atoms with Crippen molar-refractivity contribution < 1.29 is 14.6 Å². The summed E-state index contributed by atoms with van der Waals surface area (Å²) in [6, 6.07) is 0. The molecule has 1 saturated heterocycles. The van der Waals surface area contributed by atoms with E-state index in [2.05, 4.69) is 0 Å². The summed E-state index contributed by atoms with van der Waals surface area (Å²) in [5, 5.41) is 9.84. The van der Waals surface area contributed by atoms with Crippen molar-refractivity contribution in [3.8, 4) is 0 Å². The van der Waals surface area contributed by atoms with Gasteiger partial charge in [-0.2, -0.15) is 0 Å². The van der Waals surface area contributed by atoms with Gasteiger partial charge in [0, 0.05) is 12.8 Å². The van der Waals surface area contributed by atoms with Crippen LogP contribution in [0.1, 0.15) is 78.1 Å². The second-order valence-electron chi connectivity index (χ2n) is 8.45. The standard InChI is InChI=1S/C18H32O3/c1-16(2,19)7-3-5-15-6-10-17(13-15)8-4-9-18(14-17)20-11-12-21-18/h15,19H,3-14H2,1-2H3/t15-,17+/m0/s1. The van der Waals surface area contributed by atoms with Gasteiger partial charge in [0.1, 0.15) is 0 Å². The summed E-state index contributed by atoms with van der Waals surface area (Å²) in [6.07, 6.45) is 12.3. The van der Waals surface area contributed by atoms with Crippen LogP contribution in [0.4, 0.5) is 0 Å². The summed E-state index contributed by atoms with van der Waals surface area (Å²) in [7, 11) is 0. The van der Waals surface area contributed by atoms with Crippen molar-refractivity contribution >= 4 is 0 Å². The molecule has 2 aliphatic carbocycles. The van der Waals surface area contributed by atoms with Gasteiger partial charge >= 0.3 is 0 Å². The van der Waals surface area contributed by atoms with E-state index in [1.54, 1.807) is 0 Å². The predicted molar refractivity (Wildman–Crippen MR) is 83.0 cm³/mol. The Morgan fingerprint density at radius 3 is 2.62 bits per heavy atom. The highest BCUT2D eigenvalue weighted by atomic mass is 16.7. The molecule has 3 nitrogen and oxygen atoms in total. The van der Waals surface area contributed by atoms with Crippen LogP contribution in [-0.4, -0.2) is 29.7 Å². The molecule has 0 unspecified atom stereocenters. The van der Waals surface area contributed by atoms with Crippen molar-refractivity contribution in [2.24, 2.45) is 11.3 Å². The Kier molecular flexibility index (Phi) is 4.37. The fraction of sp³-hybridized carbons (Fsp3) is 1.00. The Bertz CT molecular complexity index is 354. The largest absolute Gasteiger partial charge is 0.390 e. The van der Waals surface area contributed by atoms with Crippen LogP contribution >= 0.6 is 0 Å². The average molecular weight is 296 g/mol. The Labute approximate surface area is 129 Å². The van der Waals surface area contributed by atoms with E-state index in [0.29, 0.717) is 5.41 Å². The zero-order valence-electron chi connectivity index (χ0n) is 13.8. The zero-order chi connectivity index (χ0) is 15.0. The normalized spacial score (nSPS) is 35.9. The van der Waals surface area contributed by atoms with E-state index < -0.39 is 5.60 Å². The molecule has 0 bridgehead atoms. The van der Waals surface area contributed by atoms with Gasteiger partial charge in [-0.05, 0) is 63.7 Å². The molecule has 2 saturated carbocycles. The van der Waals surface area contributed by atoms with Crippen molar-refractivity contribution in [1.29, 1.82) is 0 Å². The summed E-state index contributed by atoms with van der Waals surface area (Å²) in [5.74, 6) is 0.629. The molecule has 21 heavy (non-hydrogen) atoms. The van der Waals surface area contributed by atoms with Crippen LogP contribution in [-0.2, 0) is 9.47 Å². The number of hydrogen-bond acceptors (Lipinski definition) is 3. The van der Waals surface area contributed by atoms with E-state index in [4.69, 9.17) is 9.47 Å². The van der Waals surface area contributed by atoms with Gasteiger partial charge in [-0.3, -0.25) is 0 Å². The summed E-state index contributed by atoms with van der Waals surface area (Å²) in [5.41, 5.74) is -0.0152. The first-order chi connectivity index (χ1) is 9.91. The summed E-state index contributed by atoms with van der Waals surface area (Å²) in [4.78, 5) is 0. The highest BCUT2D eigenvalue weighted by Crippen LogP contribution is 2.56. The second-order valence-corrected chi connectivity index (χ2v) is 8.45. The lowest BCUT2D eigenvalue weighted by atomic mass is 9.69. The predicted octanol–water partition coefficient (Wildman–Crippen LogP) is 4.03. The second kappa shape index (κ2) is 5.82. The molecule has 0 aromatic heterocycles. The van der Waals surface area contributed by atoms with Gasteiger partial charge in [0.2, 0.25) is 0 Å². The zero-order valence-corrected chi connectivity index (χ0v) is 13.8. The molecule has 122 valence electrons. The van der Waals surface area contributed by atoms with Gasteiger partial charge in [0.25, 0.3) is 0 Å². The Balaban J connectivity index is 1.51. The number of hydrogen-bond donors (Lipinski definition) is 1. The highest BCUT2D eigenvalue weighted by Gasteiger charge is 2.50. The van der Waals surface area contributed by atoms with Gasteiger partial charge in [-0.1, -0.05) is 12.8 Å². The van der Waals surface area contributed by atoms with E-state index in [-0.39, 0.29) is 5.79 Å². The van der Waals surface area contributed by atoms with Crippen LogP contribution in [0.5, 0.6) is 0 Å². The monoisotopic (exact) mass is 296 g/mol. The lowest BCUT2D eigenvalue weighted by Crippen LogP contribution is -2.41. The van der Waals surface area contributed by atoms with E-state index in [0.717, 1.165) is 44.8 Å². The Hall–Kier alpha value is -0.120. The van der Waals surface area contributed by atoms with Crippen LogP contribution in [0, 0.1) is 11.3 Å². The minimum absolute atomic E-state index is 0.222. The molecule has 3 heteroatoms. The smallest absolute Gasteiger partial charge is 0.169 e. The molecule has 0 aromatic rings. The molecule has 3 aliphatic rings. The molecular formula is C18H32O3. The van der Waals surface area contributed by atoms with E-state index in [1.807, 2.05) is 13.8 Å². The van der Waals surface area contributed by atoms with Crippen LogP contribution in [0.15, 0.2) is 0 Å². The molecule has 0 amide bonds. The van der Waals surface area contributed by atoms with E-state index in [1.165, 1.54) is 38.5 Å². The van der Waals surface area contributed by atoms with Crippen molar-refractivity contribution in [1.82, 2.24) is 0 Å². The Morgan fingerprint density at radius 2 is 1.90 bits per heavy atom. The van der Waals surface area contributed by atoms with E-state index >= 15 is 0 Å². The first kappa shape index (κ1) is 15.8. The number of ether oxygens (including phenoxy) is 2. The number of rotatable bonds is 4. The average Bonchev–Trinajstić information content (AvgIpc) is 2.97. The quantitative estimate of drug-likeness (QED) is 0.851. The lowest BCUT2D eigenvalue weighted by molar-refractivity contribution is -0.201.